The molecule has 0 aliphatic rings. The molecule has 6 nitrogen and oxygen atoms in total. The summed E-state index contributed by atoms with van der Waals surface area (Å²) in [5.41, 5.74) is 0.0496. The Balaban J connectivity index is 2.31. The number of hydrogen-bond donors (Lipinski definition) is 2. The normalized spacial score (nSPS) is 11.7. The van der Waals surface area contributed by atoms with Gasteiger partial charge in [-0.3, -0.25) is 9.52 Å². The lowest BCUT2D eigenvalue weighted by atomic mass is 10.1. The van der Waals surface area contributed by atoms with Crippen LogP contribution in [0.2, 0.25) is 0 Å². The van der Waals surface area contributed by atoms with Crippen molar-refractivity contribution in [2.75, 3.05) is 11.8 Å². The van der Waals surface area contributed by atoms with E-state index >= 15 is 0 Å². The summed E-state index contributed by atoms with van der Waals surface area (Å²) in [4.78, 5) is 12.5. The Hall–Kier alpha value is -2.54. The topological polar surface area (TPSA) is 84.5 Å². The first-order valence-corrected chi connectivity index (χ1v) is 9.19. The van der Waals surface area contributed by atoms with Gasteiger partial charge in [0.15, 0.2) is 0 Å². The van der Waals surface area contributed by atoms with Crippen molar-refractivity contribution in [3.8, 4) is 5.75 Å². The third-order valence-electron chi connectivity index (χ3n) is 3.27. The van der Waals surface area contributed by atoms with Crippen LogP contribution in [0, 0.1) is 0 Å². The van der Waals surface area contributed by atoms with E-state index in [0.717, 1.165) is 0 Å². The number of rotatable bonds is 5. The highest BCUT2D eigenvalue weighted by Gasteiger charge is 2.21. The van der Waals surface area contributed by atoms with E-state index in [1.54, 1.807) is 36.4 Å². The highest BCUT2D eigenvalue weighted by atomic mass is 32.2. The van der Waals surface area contributed by atoms with E-state index in [-0.39, 0.29) is 22.1 Å². The van der Waals surface area contributed by atoms with Crippen molar-refractivity contribution in [1.82, 2.24) is 5.32 Å². The number of hydrogen-bond acceptors (Lipinski definition) is 4. The molecule has 0 fully saturated rings. The van der Waals surface area contributed by atoms with Gasteiger partial charge in [0, 0.05) is 5.54 Å². The van der Waals surface area contributed by atoms with Crippen LogP contribution in [-0.2, 0) is 10.0 Å². The first-order valence-electron chi connectivity index (χ1n) is 7.71. The summed E-state index contributed by atoms with van der Waals surface area (Å²) in [7, 11) is -2.32. The number of amides is 1. The minimum absolute atomic E-state index is 0.0827. The maximum Gasteiger partial charge on any atom is 0.261 e. The molecule has 0 aromatic heterocycles. The molecule has 2 rings (SSSR count). The molecule has 0 aliphatic carbocycles. The van der Waals surface area contributed by atoms with Gasteiger partial charge in [-0.2, -0.15) is 0 Å². The number of para-hydroxylation sites is 1. The van der Waals surface area contributed by atoms with Crippen LogP contribution < -0.4 is 14.8 Å². The molecule has 0 heterocycles. The van der Waals surface area contributed by atoms with Gasteiger partial charge in [0.05, 0.1) is 23.3 Å². The van der Waals surface area contributed by atoms with Crippen molar-refractivity contribution >= 4 is 21.6 Å². The molecule has 0 saturated heterocycles. The molecule has 0 aliphatic heterocycles. The van der Waals surface area contributed by atoms with Crippen molar-refractivity contribution in [2.45, 2.75) is 31.2 Å². The lowest BCUT2D eigenvalue weighted by Gasteiger charge is -2.21. The average molecular weight is 362 g/mol. The Bertz CT molecular complexity index is 853. The Morgan fingerprint density at radius 3 is 2.16 bits per heavy atom. The van der Waals surface area contributed by atoms with Gasteiger partial charge in [0.2, 0.25) is 0 Å². The Labute approximate surface area is 148 Å². The van der Waals surface area contributed by atoms with Crippen molar-refractivity contribution in [1.29, 1.82) is 0 Å². The number of sulfonamides is 1. The second kappa shape index (κ2) is 7.14. The molecule has 2 aromatic carbocycles. The number of carbonyl (C=O) groups excluding carboxylic acids is 1. The van der Waals surface area contributed by atoms with Crippen LogP contribution in [0.4, 0.5) is 5.69 Å². The minimum Gasteiger partial charge on any atom is -0.497 e. The van der Waals surface area contributed by atoms with E-state index in [4.69, 9.17) is 4.74 Å². The van der Waals surface area contributed by atoms with Crippen LogP contribution in [-0.4, -0.2) is 27.0 Å². The van der Waals surface area contributed by atoms with Crippen molar-refractivity contribution in [3.05, 3.63) is 54.1 Å². The van der Waals surface area contributed by atoms with Crippen LogP contribution in [0.15, 0.2) is 53.4 Å². The number of carbonyl (C=O) groups is 1. The highest BCUT2D eigenvalue weighted by Crippen LogP contribution is 2.22. The zero-order valence-electron chi connectivity index (χ0n) is 14.7. The Morgan fingerprint density at radius 2 is 1.60 bits per heavy atom. The summed E-state index contributed by atoms with van der Waals surface area (Å²) in [6.45, 7) is 5.57. The summed E-state index contributed by atoms with van der Waals surface area (Å²) < 4.78 is 32.7. The third kappa shape index (κ3) is 4.96. The van der Waals surface area contributed by atoms with Crippen LogP contribution in [0.3, 0.4) is 0 Å². The predicted octanol–water partition coefficient (Wildman–Crippen LogP) is 3.02. The van der Waals surface area contributed by atoms with Crippen molar-refractivity contribution < 1.29 is 17.9 Å². The molecular formula is C18H22N2O4S. The van der Waals surface area contributed by atoms with E-state index in [2.05, 4.69) is 10.0 Å². The zero-order chi connectivity index (χ0) is 18.7. The van der Waals surface area contributed by atoms with E-state index in [9.17, 15) is 13.2 Å². The van der Waals surface area contributed by atoms with Gasteiger partial charge < -0.3 is 10.1 Å². The van der Waals surface area contributed by atoms with E-state index in [0.29, 0.717) is 5.75 Å². The quantitative estimate of drug-likeness (QED) is 0.856. The smallest absolute Gasteiger partial charge is 0.261 e. The number of anilines is 1. The highest BCUT2D eigenvalue weighted by molar-refractivity contribution is 7.92. The fraction of sp³-hybridized carbons (Fsp3) is 0.278. The molecular weight excluding hydrogens is 340 g/mol. The number of ether oxygens (including phenoxy) is 1. The van der Waals surface area contributed by atoms with E-state index < -0.39 is 15.6 Å². The molecule has 134 valence electrons. The molecule has 0 atom stereocenters. The predicted molar refractivity (Wildman–Crippen MR) is 97.5 cm³/mol. The Kier molecular flexibility index (Phi) is 5.37. The van der Waals surface area contributed by atoms with Crippen LogP contribution in [0.1, 0.15) is 31.1 Å². The van der Waals surface area contributed by atoms with Gasteiger partial charge in [-0.05, 0) is 57.2 Å². The minimum atomic E-state index is -3.82. The molecule has 2 aromatic rings. The maximum absolute atomic E-state index is 12.6. The molecule has 7 heteroatoms. The van der Waals surface area contributed by atoms with Crippen molar-refractivity contribution in [3.63, 3.8) is 0 Å². The summed E-state index contributed by atoms with van der Waals surface area (Å²) >= 11 is 0. The van der Waals surface area contributed by atoms with Gasteiger partial charge in [0.25, 0.3) is 15.9 Å². The number of benzene rings is 2. The molecule has 0 bridgehead atoms. The number of methoxy groups -OCH3 is 1. The first-order chi connectivity index (χ1) is 11.6. The fourth-order valence-corrected chi connectivity index (χ4v) is 3.22. The summed E-state index contributed by atoms with van der Waals surface area (Å²) in [6, 6.07) is 12.5. The lowest BCUT2D eigenvalue weighted by Crippen LogP contribution is -2.40. The van der Waals surface area contributed by atoms with Crippen LogP contribution in [0.5, 0.6) is 5.75 Å². The molecule has 25 heavy (non-hydrogen) atoms. The SMILES string of the molecule is COc1ccc(S(=O)(=O)Nc2ccccc2C(=O)NC(C)(C)C)cc1. The van der Waals surface area contributed by atoms with Gasteiger partial charge in [0.1, 0.15) is 5.75 Å². The molecule has 0 radical (unpaired) electrons. The second-order valence-corrected chi connectivity index (χ2v) is 8.21. The third-order valence-corrected chi connectivity index (χ3v) is 4.66. The van der Waals surface area contributed by atoms with Gasteiger partial charge in [-0.25, -0.2) is 8.42 Å². The first kappa shape index (κ1) is 18.8. The average Bonchev–Trinajstić information content (AvgIpc) is 2.53. The molecule has 1 amide bonds. The maximum atomic E-state index is 12.6. The number of nitrogens with one attached hydrogen (secondary N) is 2. The lowest BCUT2D eigenvalue weighted by molar-refractivity contribution is 0.0920. The molecule has 0 saturated carbocycles. The van der Waals surface area contributed by atoms with Crippen LogP contribution >= 0.6 is 0 Å². The largest absolute Gasteiger partial charge is 0.497 e. The summed E-state index contributed by atoms with van der Waals surface area (Å²) in [5.74, 6) is 0.212. The van der Waals surface area contributed by atoms with Crippen LogP contribution in [0.25, 0.3) is 0 Å². The van der Waals surface area contributed by atoms with Gasteiger partial charge >= 0.3 is 0 Å². The second-order valence-electron chi connectivity index (χ2n) is 6.53. The van der Waals surface area contributed by atoms with E-state index in [1.807, 2.05) is 20.8 Å². The Morgan fingerprint density at radius 1 is 1.00 bits per heavy atom. The summed E-state index contributed by atoms with van der Waals surface area (Å²) in [5, 5.41) is 2.83. The fourth-order valence-electron chi connectivity index (χ4n) is 2.14. The monoisotopic (exact) mass is 362 g/mol. The van der Waals surface area contributed by atoms with Crippen molar-refractivity contribution in [2.24, 2.45) is 0 Å². The van der Waals surface area contributed by atoms with Gasteiger partial charge in [-0.1, -0.05) is 12.1 Å². The summed E-state index contributed by atoms with van der Waals surface area (Å²) in [6.07, 6.45) is 0. The molecule has 0 spiro atoms. The standard InChI is InChI=1S/C18H22N2O4S/c1-18(2,3)19-17(21)15-7-5-6-8-16(15)20-25(22,23)14-11-9-13(24-4)10-12-14/h5-12,20H,1-4H3,(H,19,21). The van der Waals surface area contributed by atoms with Gasteiger partial charge in [-0.15, -0.1) is 0 Å². The zero-order valence-corrected chi connectivity index (χ0v) is 15.5. The molecule has 0 unspecified atom stereocenters. The van der Waals surface area contributed by atoms with E-state index in [1.165, 1.54) is 19.2 Å². The molecule has 2 N–H and O–H groups in total.